The Bertz CT molecular complexity index is 1320. The molecule has 3 aromatic carbocycles. The van der Waals surface area contributed by atoms with Crippen LogP contribution >= 0.6 is 23.2 Å². The van der Waals surface area contributed by atoms with Crippen molar-refractivity contribution < 1.29 is 18.0 Å². The van der Waals surface area contributed by atoms with E-state index in [0.717, 1.165) is 4.31 Å². The number of carbonyl (C=O) groups is 2. The predicted octanol–water partition coefficient (Wildman–Crippen LogP) is 5.13. The largest absolute Gasteiger partial charge is 0.352 e. The van der Waals surface area contributed by atoms with Gasteiger partial charge in [0.25, 0.3) is 10.0 Å². The first kappa shape index (κ1) is 28.5. The number of nitrogens with zero attached hydrogens (tertiary/aromatic N) is 2. The molecule has 10 heteroatoms. The van der Waals surface area contributed by atoms with Gasteiger partial charge in [0.05, 0.1) is 10.6 Å². The zero-order chi connectivity index (χ0) is 27.2. The predicted molar refractivity (Wildman–Crippen MR) is 147 cm³/mol. The average molecular weight is 563 g/mol. The molecule has 0 saturated carbocycles. The van der Waals surface area contributed by atoms with E-state index in [1.807, 2.05) is 13.8 Å². The Hall–Kier alpha value is -3.07. The molecule has 1 unspecified atom stereocenters. The maximum atomic E-state index is 13.8. The minimum absolute atomic E-state index is 0.0398. The molecule has 1 atom stereocenters. The van der Waals surface area contributed by atoms with Crippen LogP contribution in [0.2, 0.25) is 10.0 Å². The van der Waals surface area contributed by atoms with Crippen LogP contribution in [0.25, 0.3) is 0 Å². The highest BCUT2D eigenvalue weighted by Gasteiger charge is 2.33. The third-order valence-corrected chi connectivity index (χ3v) is 8.14. The summed E-state index contributed by atoms with van der Waals surface area (Å²) in [6.07, 6.45) is 0. The summed E-state index contributed by atoms with van der Waals surface area (Å²) >= 11 is 12.7. The summed E-state index contributed by atoms with van der Waals surface area (Å²) in [5.74, 6) is -0.977. The number of sulfonamides is 1. The minimum Gasteiger partial charge on any atom is -0.352 e. The number of hydrogen-bond donors (Lipinski definition) is 1. The lowest BCUT2D eigenvalue weighted by Crippen LogP contribution is -2.52. The van der Waals surface area contributed by atoms with Crippen molar-refractivity contribution in [3.05, 3.63) is 94.5 Å². The van der Waals surface area contributed by atoms with E-state index in [2.05, 4.69) is 5.32 Å². The van der Waals surface area contributed by atoms with E-state index in [-0.39, 0.29) is 23.4 Å². The van der Waals surface area contributed by atoms with Gasteiger partial charge in [-0.1, -0.05) is 65.7 Å². The van der Waals surface area contributed by atoms with Crippen LogP contribution in [0.3, 0.4) is 0 Å². The van der Waals surface area contributed by atoms with Gasteiger partial charge in [0.2, 0.25) is 11.8 Å². The van der Waals surface area contributed by atoms with Crippen LogP contribution in [-0.4, -0.2) is 43.8 Å². The SMILES string of the molecule is CC(C)NC(=O)C(C)N(Cc1c(Cl)cccc1Cl)C(=O)CN(c1ccccc1)S(=O)(=O)c1ccccc1. The molecule has 0 spiro atoms. The Balaban J connectivity index is 2.03. The first-order chi connectivity index (χ1) is 17.5. The van der Waals surface area contributed by atoms with Crippen LogP contribution in [-0.2, 0) is 26.2 Å². The molecule has 7 nitrogen and oxygen atoms in total. The van der Waals surface area contributed by atoms with Gasteiger partial charge < -0.3 is 10.2 Å². The second-order valence-corrected chi connectivity index (χ2v) is 11.4. The topological polar surface area (TPSA) is 86.8 Å². The Morgan fingerprint density at radius 3 is 1.92 bits per heavy atom. The maximum Gasteiger partial charge on any atom is 0.264 e. The molecule has 0 bridgehead atoms. The van der Waals surface area contributed by atoms with Crippen molar-refractivity contribution in [1.82, 2.24) is 10.2 Å². The smallest absolute Gasteiger partial charge is 0.264 e. The second-order valence-electron chi connectivity index (χ2n) is 8.72. The number of rotatable bonds is 10. The zero-order valence-corrected chi connectivity index (χ0v) is 23.1. The van der Waals surface area contributed by atoms with Gasteiger partial charge in [-0.3, -0.25) is 13.9 Å². The van der Waals surface area contributed by atoms with E-state index in [1.165, 1.54) is 17.0 Å². The van der Waals surface area contributed by atoms with E-state index < -0.39 is 28.5 Å². The maximum absolute atomic E-state index is 13.8. The van der Waals surface area contributed by atoms with Crippen LogP contribution < -0.4 is 9.62 Å². The van der Waals surface area contributed by atoms with E-state index >= 15 is 0 Å². The fourth-order valence-electron chi connectivity index (χ4n) is 3.68. The number of hydrogen-bond acceptors (Lipinski definition) is 4. The monoisotopic (exact) mass is 561 g/mol. The van der Waals surface area contributed by atoms with Gasteiger partial charge in [0.1, 0.15) is 12.6 Å². The number of amides is 2. The van der Waals surface area contributed by atoms with E-state index in [1.54, 1.807) is 73.7 Å². The van der Waals surface area contributed by atoms with Crippen molar-refractivity contribution in [2.45, 2.75) is 44.3 Å². The molecular formula is C27H29Cl2N3O4S. The lowest BCUT2D eigenvalue weighted by Gasteiger charge is -2.32. The lowest BCUT2D eigenvalue weighted by molar-refractivity contribution is -0.139. The summed E-state index contributed by atoms with van der Waals surface area (Å²) in [7, 11) is -4.10. The van der Waals surface area contributed by atoms with Crippen molar-refractivity contribution in [1.29, 1.82) is 0 Å². The molecule has 0 heterocycles. The highest BCUT2D eigenvalue weighted by Crippen LogP contribution is 2.28. The Morgan fingerprint density at radius 1 is 0.838 bits per heavy atom. The Labute approximate surface area is 228 Å². The zero-order valence-electron chi connectivity index (χ0n) is 20.8. The minimum atomic E-state index is -4.10. The molecule has 0 radical (unpaired) electrons. The lowest BCUT2D eigenvalue weighted by atomic mass is 10.1. The molecule has 1 N–H and O–H groups in total. The molecular weight excluding hydrogens is 533 g/mol. The van der Waals surface area contributed by atoms with Gasteiger partial charge in [0.15, 0.2) is 0 Å². The third kappa shape index (κ3) is 7.03. The van der Waals surface area contributed by atoms with Gasteiger partial charge in [0, 0.05) is 28.2 Å². The van der Waals surface area contributed by atoms with Crippen LogP contribution in [0.5, 0.6) is 0 Å². The van der Waals surface area contributed by atoms with E-state index in [0.29, 0.717) is 21.3 Å². The summed E-state index contributed by atoms with van der Waals surface area (Å²) in [6.45, 7) is 4.58. The molecule has 3 rings (SSSR count). The van der Waals surface area contributed by atoms with Crippen molar-refractivity contribution in [2.75, 3.05) is 10.8 Å². The fraction of sp³-hybridized carbons (Fsp3) is 0.259. The molecule has 0 fully saturated rings. The second kappa shape index (κ2) is 12.4. The summed E-state index contributed by atoms with van der Waals surface area (Å²) in [6, 6.07) is 20.1. The van der Waals surface area contributed by atoms with Crippen molar-refractivity contribution >= 4 is 50.7 Å². The summed E-state index contributed by atoms with van der Waals surface area (Å²) in [4.78, 5) is 28.1. The van der Waals surface area contributed by atoms with Gasteiger partial charge in [-0.15, -0.1) is 0 Å². The standard InChI is InChI=1S/C27H29Cl2N3O4S/c1-19(2)30-27(34)20(3)31(17-23-24(28)15-10-16-25(23)29)26(33)18-32(21-11-6-4-7-12-21)37(35,36)22-13-8-5-9-14-22/h4-16,19-20H,17-18H2,1-3H3,(H,30,34). The van der Waals surface area contributed by atoms with Crippen LogP contribution in [0.4, 0.5) is 5.69 Å². The molecule has 0 saturated heterocycles. The van der Waals surface area contributed by atoms with Crippen molar-refractivity contribution in [3.63, 3.8) is 0 Å². The first-order valence-corrected chi connectivity index (χ1v) is 13.9. The number of carbonyl (C=O) groups excluding carboxylic acids is 2. The van der Waals surface area contributed by atoms with Gasteiger partial charge in [-0.25, -0.2) is 8.42 Å². The van der Waals surface area contributed by atoms with Gasteiger partial charge >= 0.3 is 0 Å². The van der Waals surface area contributed by atoms with Gasteiger partial charge in [-0.2, -0.15) is 0 Å². The van der Waals surface area contributed by atoms with Crippen molar-refractivity contribution in [3.8, 4) is 0 Å². The first-order valence-electron chi connectivity index (χ1n) is 11.7. The molecule has 196 valence electrons. The fourth-order valence-corrected chi connectivity index (χ4v) is 5.64. The van der Waals surface area contributed by atoms with Crippen molar-refractivity contribution in [2.24, 2.45) is 0 Å². The highest BCUT2D eigenvalue weighted by atomic mass is 35.5. The number of para-hydroxylation sites is 1. The molecule has 0 aromatic heterocycles. The van der Waals surface area contributed by atoms with E-state index in [9.17, 15) is 18.0 Å². The van der Waals surface area contributed by atoms with E-state index in [4.69, 9.17) is 23.2 Å². The quantitative estimate of drug-likeness (QED) is 0.371. The molecule has 3 aromatic rings. The summed E-state index contributed by atoms with van der Waals surface area (Å²) < 4.78 is 28.3. The van der Waals surface area contributed by atoms with Gasteiger partial charge in [-0.05, 0) is 57.2 Å². The average Bonchev–Trinajstić information content (AvgIpc) is 2.87. The Morgan fingerprint density at radius 2 is 1.38 bits per heavy atom. The number of anilines is 1. The molecule has 0 aliphatic rings. The normalized spacial score (nSPS) is 12.2. The molecule has 0 aliphatic heterocycles. The summed E-state index contributed by atoms with van der Waals surface area (Å²) in [5.41, 5.74) is 0.773. The Kier molecular flexibility index (Phi) is 9.59. The van der Waals surface area contributed by atoms with Crippen LogP contribution in [0.15, 0.2) is 83.8 Å². The van der Waals surface area contributed by atoms with Crippen LogP contribution in [0, 0.1) is 0 Å². The number of halogens is 2. The molecule has 37 heavy (non-hydrogen) atoms. The summed E-state index contributed by atoms with van der Waals surface area (Å²) in [5, 5.41) is 3.47. The number of benzene rings is 3. The molecule has 2 amide bonds. The van der Waals surface area contributed by atoms with Crippen LogP contribution in [0.1, 0.15) is 26.3 Å². The third-order valence-electron chi connectivity index (χ3n) is 5.64. The number of nitrogens with one attached hydrogen (secondary N) is 1. The molecule has 0 aliphatic carbocycles. The highest BCUT2D eigenvalue weighted by molar-refractivity contribution is 7.92.